The Morgan fingerprint density at radius 1 is 1.04 bits per heavy atom. The third-order valence-corrected chi connectivity index (χ3v) is 6.93. The molecule has 1 spiro atoms. The molecule has 1 amide bonds. The van der Waals surface area contributed by atoms with Gasteiger partial charge in [-0.1, -0.05) is 47.0 Å². The maximum absolute atomic E-state index is 12.9. The second-order valence-electron chi connectivity index (χ2n) is 9.04. The molecule has 2 fully saturated rings. The van der Waals surface area contributed by atoms with Crippen LogP contribution in [-0.4, -0.2) is 60.6 Å². The average molecular weight is 381 g/mol. The van der Waals surface area contributed by atoms with E-state index in [0.29, 0.717) is 5.91 Å². The van der Waals surface area contributed by atoms with Crippen molar-refractivity contribution in [3.8, 4) is 0 Å². The Bertz CT molecular complexity index is 432. The van der Waals surface area contributed by atoms with Gasteiger partial charge < -0.3 is 9.64 Å². The zero-order valence-corrected chi connectivity index (χ0v) is 18.5. The van der Waals surface area contributed by atoms with E-state index in [1.807, 2.05) is 0 Å². The van der Waals surface area contributed by atoms with E-state index in [1.54, 1.807) is 0 Å². The van der Waals surface area contributed by atoms with Crippen LogP contribution in [0.5, 0.6) is 0 Å². The summed E-state index contributed by atoms with van der Waals surface area (Å²) in [5.74, 6) is 1.46. The Kier molecular flexibility index (Phi) is 9.58. The Balaban J connectivity index is 1.79. The molecule has 2 unspecified atom stereocenters. The number of hydrogen-bond donors (Lipinski definition) is 0. The topological polar surface area (TPSA) is 32.8 Å². The quantitative estimate of drug-likeness (QED) is 0.549. The largest absolute Gasteiger partial charge is 0.372 e. The fraction of sp³-hybridized carbons (Fsp3) is 0.957. The lowest BCUT2D eigenvalue weighted by Crippen LogP contribution is -2.58. The minimum absolute atomic E-state index is 0.00344. The van der Waals surface area contributed by atoms with Gasteiger partial charge in [-0.05, 0) is 51.0 Å². The predicted octanol–water partition coefficient (Wildman–Crippen LogP) is 4.72. The molecule has 2 aliphatic rings. The van der Waals surface area contributed by atoms with Crippen molar-refractivity contribution in [1.29, 1.82) is 0 Å². The monoisotopic (exact) mass is 380 g/mol. The van der Waals surface area contributed by atoms with E-state index in [0.717, 1.165) is 70.8 Å². The van der Waals surface area contributed by atoms with Crippen molar-refractivity contribution in [2.45, 2.75) is 91.1 Å². The lowest BCUT2D eigenvalue weighted by atomic mass is 9.88. The summed E-state index contributed by atoms with van der Waals surface area (Å²) in [7, 11) is 0. The van der Waals surface area contributed by atoms with Gasteiger partial charge >= 0.3 is 0 Å². The second-order valence-corrected chi connectivity index (χ2v) is 9.04. The van der Waals surface area contributed by atoms with Crippen molar-refractivity contribution < 1.29 is 9.53 Å². The summed E-state index contributed by atoms with van der Waals surface area (Å²) in [6, 6.07) is 0. The summed E-state index contributed by atoms with van der Waals surface area (Å²) >= 11 is 0. The van der Waals surface area contributed by atoms with Crippen LogP contribution in [0.25, 0.3) is 0 Å². The van der Waals surface area contributed by atoms with Gasteiger partial charge in [0.15, 0.2) is 0 Å². The maximum atomic E-state index is 12.9. The number of likely N-dealkylation sites (tertiary alicyclic amines) is 1. The minimum Gasteiger partial charge on any atom is -0.372 e. The van der Waals surface area contributed by atoms with Gasteiger partial charge in [-0.2, -0.15) is 0 Å². The minimum atomic E-state index is -0.00344. The van der Waals surface area contributed by atoms with Crippen LogP contribution in [0.4, 0.5) is 0 Å². The zero-order chi connectivity index (χ0) is 19.7. The predicted molar refractivity (Wildman–Crippen MR) is 113 cm³/mol. The van der Waals surface area contributed by atoms with Gasteiger partial charge in [-0.25, -0.2) is 0 Å². The first kappa shape index (κ1) is 22.7. The lowest BCUT2D eigenvalue weighted by molar-refractivity contribution is -0.153. The molecule has 0 aliphatic carbocycles. The molecular formula is C23H44N2O2. The summed E-state index contributed by atoms with van der Waals surface area (Å²) in [4.78, 5) is 17.6. The highest BCUT2D eigenvalue weighted by atomic mass is 16.5. The van der Waals surface area contributed by atoms with E-state index in [9.17, 15) is 4.79 Å². The molecule has 27 heavy (non-hydrogen) atoms. The molecular weight excluding hydrogens is 336 g/mol. The van der Waals surface area contributed by atoms with Crippen molar-refractivity contribution in [2.24, 2.45) is 11.8 Å². The van der Waals surface area contributed by atoms with E-state index in [1.165, 1.54) is 32.2 Å². The maximum Gasteiger partial charge on any atom is 0.225 e. The Morgan fingerprint density at radius 3 is 2.41 bits per heavy atom. The highest BCUT2D eigenvalue weighted by Gasteiger charge is 2.41. The molecule has 2 aliphatic heterocycles. The number of morpholine rings is 1. The van der Waals surface area contributed by atoms with Gasteiger partial charge in [-0.3, -0.25) is 9.69 Å². The van der Waals surface area contributed by atoms with Gasteiger partial charge in [0.2, 0.25) is 5.91 Å². The summed E-state index contributed by atoms with van der Waals surface area (Å²) in [6.07, 6.45) is 10.3. The van der Waals surface area contributed by atoms with Gasteiger partial charge in [0.1, 0.15) is 0 Å². The first-order valence-electron chi connectivity index (χ1n) is 11.7. The fourth-order valence-corrected chi connectivity index (χ4v) is 4.63. The number of carbonyl (C=O) groups excluding carboxylic acids is 1. The van der Waals surface area contributed by atoms with Gasteiger partial charge in [0, 0.05) is 32.1 Å². The number of hydrogen-bond acceptors (Lipinski definition) is 3. The molecule has 158 valence electrons. The van der Waals surface area contributed by atoms with Crippen LogP contribution in [0.2, 0.25) is 0 Å². The number of rotatable bonds is 10. The van der Waals surface area contributed by atoms with E-state index >= 15 is 0 Å². The smallest absolute Gasteiger partial charge is 0.225 e. The first-order chi connectivity index (χ1) is 13.0. The highest BCUT2D eigenvalue weighted by Crippen LogP contribution is 2.31. The van der Waals surface area contributed by atoms with Crippen molar-refractivity contribution in [2.75, 3.05) is 39.3 Å². The highest BCUT2D eigenvalue weighted by molar-refractivity contribution is 5.78. The van der Waals surface area contributed by atoms with Crippen molar-refractivity contribution in [1.82, 2.24) is 9.80 Å². The van der Waals surface area contributed by atoms with E-state index in [4.69, 9.17) is 4.74 Å². The number of nitrogens with zero attached hydrogens (tertiary/aromatic N) is 2. The van der Waals surface area contributed by atoms with Crippen LogP contribution in [0, 0.1) is 11.8 Å². The normalized spacial score (nSPS) is 22.7. The molecule has 0 aromatic heterocycles. The fourth-order valence-electron chi connectivity index (χ4n) is 4.63. The molecule has 0 bridgehead atoms. The van der Waals surface area contributed by atoms with Crippen molar-refractivity contribution in [3.63, 3.8) is 0 Å². The van der Waals surface area contributed by atoms with Crippen molar-refractivity contribution >= 4 is 5.91 Å². The molecule has 0 N–H and O–H groups in total. The zero-order valence-electron chi connectivity index (χ0n) is 18.5. The van der Waals surface area contributed by atoms with Gasteiger partial charge in [-0.15, -0.1) is 0 Å². The Labute approximate surface area is 168 Å². The molecule has 0 saturated carbocycles. The summed E-state index contributed by atoms with van der Waals surface area (Å²) < 4.78 is 6.29. The van der Waals surface area contributed by atoms with Crippen LogP contribution in [0.15, 0.2) is 0 Å². The van der Waals surface area contributed by atoms with Crippen LogP contribution < -0.4 is 0 Å². The Hall–Kier alpha value is -0.610. The molecule has 0 aromatic rings. The summed E-state index contributed by atoms with van der Waals surface area (Å²) in [5, 5.41) is 0. The van der Waals surface area contributed by atoms with E-state index in [2.05, 4.69) is 37.5 Å². The summed E-state index contributed by atoms with van der Waals surface area (Å²) in [6.45, 7) is 14.9. The van der Waals surface area contributed by atoms with Crippen molar-refractivity contribution in [3.05, 3.63) is 0 Å². The van der Waals surface area contributed by atoms with Crippen LogP contribution in [-0.2, 0) is 9.53 Å². The third-order valence-electron chi connectivity index (χ3n) is 6.93. The number of ether oxygens (including phenoxy) is 1. The number of carbonyl (C=O) groups is 1. The van der Waals surface area contributed by atoms with E-state index in [-0.39, 0.29) is 11.5 Å². The second kappa shape index (κ2) is 11.4. The standard InChI is InChI=1S/C23H44N2O2/c1-5-8-11-21(7-3)22(26)25-15-12-23(13-16-25)19-24(17-18-27-23)14-9-10-20(4)6-2/h20-21H,5-19H2,1-4H3. The molecule has 2 saturated heterocycles. The molecule has 2 heterocycles. The van der Waals surface area contributed by atoms with Crippen LogP contribution in [0.3, 0.4) is 0 Å². The molecule has 0 aromatic carbocycles. The molecule has 2 rings (SSSR count). The SMILES string of the molecule is CCCCC(CC)C(=O)N1CCC2(CC1)CN(CCCC(C)CC)CCO2. The molecule has 2 atom stereocenters. The van der Waals surface area contributed by atoms with Gasteiger partial charge in [0.05, 0.1) is 12.2 Å². The average Bonchev–Trinajstić information content (AvgIpc) is 2.69. The van der Waals surface area contributed by atoms with Gasteiger partial charge in [0.25, 0.3) is 0 Å². The molecule has 4 nitrogen and oxygen atoms in total. The van der Waals surface area contributed by atoms with Crippen LogP contribution >= 0.6 is 0 Å². The Morgan fingerprint density at radius 2 is 1.78 bits per heavy atom. The number of amides is 1. The third kappa shape index (κ3) is 6.74. The first-order valence-corrected chi connectivity index (χ1v) is 11.7. The lowest BCUT2D eigenvalue weighted by Gasteiger charge is -2.47. The van der Waals surface area contributed by atoms with E-state index < -0.39 is 0 Å². The summed E-state index contributed by atoms with van der Waals surface area (Å²) in [5.41, 5.74) is -0.00344. The molecule has 0 radical (unpaired) electrons. The number of piperidine rings is 1. The number of unbranched alkanes of at least 4 members (excludes halogenated alkanes) is 1. The molecule has 4 heteroatoms. The van der Waals surface area contributed by atoms with Crippen LogP contribution in [0.1, 0.15) is 85.5 Å².